The number of fused-ring (bicyclic) bond motifs is 1. The van der Waals surface area contributed by atoms with Crippen LogP contribution in [-0.4, -0.2) is 87.5 Å². The summed E-state index contributed by atoms with van der Waals surface area (Å²) in [6.45, 7) is 12.7. The number of amides is 3. The van der Waals surface area contributed by atoms with Gasteiger partial charge in [-0.3, -0.25) is 9.78 Å². The molecule has 6 rings (SSSR count). The van der Waals surface area contributed by atoms with Crippen molar-refractivity contribution >= 4 is 46.5 Å². The molecule has 0 saturated carbocycles. The number of methoxy groups -OCH3 is 2. The van der Waals surface area contributed by atoms with E-state index in [9.17, 15) is 14.2 Å². The number of aromatic nitrogens is 1. The quantitative estimate of drug-likeness (QED) is 0.137. The molecule has 1 fully saturated rings. The van der Waals surface area contributed by atoms with Gasteiger partial charge in [-0.25, -0.2) is 4.79 Å². The third-order valence-corrected chi connectivity index (χ3v) is 11.3. The summed E-state index contributed by atoms with van der Waals surface area (Å²) < 4.78 is 31.1. The highest BCUT2D eigenvalue weighted by atomic mass is 31.2. The second-order valence-corrected chi connectivity index (χ2v) is 18.5. The van der Waals surface area contributed by atoms with Crippen molar-refractivity contribution in [3.8, 4) is 23.0 Å². The van der Waals surface area contributed by atoms with E-state index in [2.05, 4.69) is 48.3 Å². The first-order valence-electron chi connectivity index (χ1n) is 18.3. The van der Waals surface area contributed by atoms with Gasteiger partial charge in [0.2, 0.25) is 0 Å². The van der Waals surface area contributed by atoms with Crippen LogP contribution in [0.15, 0.2) is 85.1 Å². The average Bonchev–Trinajstić information content (AvgIpc) is 3.15. The van der Waals surface area contributed by atoms with Gasteiger partial charge in [0, 0.05) is 61.3 Å². The van der Waals surface area contributed by atoms with Crippen molar-refractivity contribution in [1.82, 2.24) is 14.8 Å². The molecule has 0 unspecified atom stereocenters. The molecule has 3 amide bonds. The predicted octanol–water partition coefficient (Wildman–Crippen LogP) is 8.21. The maximum absolute atomic E-state index is 13.5. The Kier molecular flexibility index (Phi) is 11.5. The van der Waals surface area contributed by atoms with Crippen LogP contribution < -0.4 is 30.1 Å². The van der Waals surface area contributed by atoms with E-state index in [1.54, 1.807) is 38.8 Å². The summed E-state index contributed by atoms with van der Waals surface area (Å²) >= 11 is 0. The number of piperazine rings is 1. The van der Waals surface area contributed by atoms with E-state index >= 15 is 0 Å². The number of benzene rings is 4. The van der Waals surface area contributed by atoms with Gasteiger partial charge >= 0.3 is 6.03 Å². The molecular formula is C43H50N5O6P. The largest absolute Gasteiger partial charge is 0.496 e. The molecule has 1 aliphatic rings. The molecule has 2 N–H and O–H groups in total. The Morgan fingerprint density at radius 2 is 1.53 bits per heavy atom. The van der Waals surface area contributed by atoms with E-state index in [4.69, 9.17) is 14.2 Å². The first-order valence-corrected chi connectivity index (χ1v) is 20.9. The Balaban J connectivity index is 1.19. The molecule has 12 heteroatoms. The number of hydrogen-bond donors (Lipinski definition) is 2. The van der Waals surface area contributed by atoms with Gasteiger partial charge in [0.15, 0.2) is 5.75 Å². The van der Waals surface area contributed by atoms with Crippen molar-refractivity contribution < 1.29 is 28.4 Å². The van der Waals surface area contributed by atoms with Gasteiger partial charge in [0.05, 0.1) is 36.5 Å². The number of hydrogen-bond acceptors (Lipinski definition) is 8. The zero-order chi connectivity index (χ0) is 39.5. The maximum atomic E-state index is 13.5. The topological polar surface area (TPSA) is 122 Å². The van der Waals surface area contributed by atoms with E-state index in [1.165, 1.54) is 7.11 Å². The van der Waals surface area contributed by atoms with Crippen molar-refractivity contribution in [2.45, 2.75) is 32.6 Å². The maximum Gasteiger partial charge on any atom is 0.323 e. The summed E-state index contributed by atoms with van der Waals surface area (Å²) in [5.41, 5.74) is 3.99. The number of nitrogens with one attached hydrogen (secondary N) is 2. The molecule has 0 atom stereocenters. The smallest absolute Gasteiger partial charge is 0.323 e. The van der Waals surface area contributed by atoms with Gasteiger partial charge in [0.1, 0.15) is 24.4 Å². The van der Waals surface area contributed by atoms with Crippen molar-refractivity contribution in [3.63, 3.8) is 0 Å². The first-order chi connectivity index (χ1) is 26.1. The van der Waals surface area contributed by atoms with E-state index in [0.717, 1.165) is 40.7 Å². The standard InChI is InChI=1S/C43H50N5O6P/c1-43(2,3)29-25-36(40(53-6)39(26-29)55(7,8)51)46-42(50)45-35-15-16-37(33-12-10-9-11-32(33)35)54-31-17-18-44-30(27-31)23-28-13-14-34(38(24-28)52-5)41(49)48-21-19-47(4)20-22-48/h9-18,24-27H,19-23H2,1-8H3,(H2,45,46,50). The fraction of sp³-hybridized carbons (Fsp3) is 0.326. The lowest BCUT2D eigenvalue weighted by atomic mass is 9.86. The second kappa shape index (κ2) is 16.2. The highest BCUT2D eigenvalue weighted by Gasteiger charge is 2.27. The van der Waals surface area contributed by atoms with E-state index < -0.39 is 13.2 Å². The molecule has 0 aliphatic carbocycles. The third-order valence-electron chi connectivity index (χ3n) is 9.79. The second-order valence-electron chi connectivity index (χ2n) is 15.3. The van der Waals surface area contributed by atoms with Crippen molar-refractivity contribution in [2.75, 3.05) is 71.4 Å². The fourth-order valence-corrected chi connectivity index (χ4v) is 7.80. The molecule has 1 aliphatic heterocycles. The summed E-state index contributed by atoms with van der Waals surface area (Å²) in [6, 6.07) is 24.0. The zero-order valence-electron chi connectivity index (χ0n) is 32.9. The molecule has 0 radical (unpaired) electrons. The summed E-state index contributed by atoms with van der Waals surface area (Å²) in [7, 11) is 2.42. The molecule has 1 aromatic heterocycles. The molecule has 2 heterocycles. The predicted molar refractivity (Wildman–Crippen MR) is 221 cm³/mol. The molecule has 0 spiro atoms. The van der Waals surface area contributed by atoms with Gasteiger partial charge in [0.25, 0.3) is 5.91 Å². The van der Waals surface area contributed by atoms with Crippen molar-refractivity contribution in [2.24, 2.45) is 0 Å². The minimum absolute atomic E-state index is 0.0233. The SMILES string of the molecule is COc1cc(Cc2cc(Oc3ccc(NC(=O)Nc4cc(C(C)(C)C)cc(P(C)(C)=O)c4OC)c4ccccc34)ccn2)ccc1C(=O)N1CCN(C)CC1. The van der Waals surface area contributed by atoms with Crippen LogP contribution in [0.25, 0.3) is 10.8 Å². The minimum atomic E-state index is -2.74. The number of nitrogens with zero attached hydrogens (tertiary/aromatic N) is 3. The van der Waals surface area contributed by atoms with Crippen LogP contribution in [0.4, 0.5) is 16.2 Å². The van der Waals surface area contributed by atoms with E-state index in [-0.39, 0.29) is 11.3 Å². The monoisotopic (exact) mass is 763 g/mol. The fourth-order valence-electron chi connectivity index (χ4n) is 6.65. The van der Waals surface area contributed by atoms with Gasteiger partial charge in [-0.2, -0.15) is 0 Å². The number of carbonyl (C=O) groups excluding carboxylic acids is 2. The normalized spacial score (nSPS) is 13.7. The average molecular weight is 764 g/mol. The van der Waals surface area contributed by atoms with Gasteiger partial charge < -0.3 is 39.2 Å². The van der Waals surface area contributed by atoms with Crippen LogP contribution in [-0.2, 0) is 16.4 Å². The molecular weight excluding hydrogens is 713 g/mol. The lowest BCUT2D eigenvalue weighted by Gasteiger charge is -2.32. The first kappa shape index (κ1) is 39.3. The Morgan fingerprint density at radius 1 is 0.818 bits per heavy atom. The van der Waals surface area contributed by atoms with Crippen LogP contribution in [0.5, 0.6) is 23.0 Å². The van der Waals surface area contributed by atoms with Crippen molar-refractivity contribution in [1.29, 1.82) is 0 Å². The zero-order valence-corrected chi connectivity index (χ0v) is 33.8. The number of likely N-dealkylation sites (N-methyl/N-ethyl adjacent to an activating group) is 1. The summed E-state index contributed by atoms with van der Waals surface area (Å²) in [6.07, 6.45) is 2.22. The van der Waals surface area contributed by atoms with Crippen molar-refractivity contribution in [3.05, 3.63) is 107 Å². The molecule has 1 saturated heterocycles. The van der Waals surface area contributed by atoms with Gasteiger partial charge in [-0.05, 0) is 79.4 Å². The van der Waals surface area contributed by atoms with Gasteiger partial charge in [-0.1, -0.05) is 51.1 Å². The Hall–Kier alpha value is -5.38. The summed E-state index contributed by atoms with van der Waals surface area (Å²) in [4.78, 5) is 35.5. The number of carbonyl (C=O) groups is 2. The minimum Gasteiger partial charge on any atom is -0.496 e. The Labute approximate surface area is 323 Å². The van der Waals surface area contributed by atoms with E-state index in [0.29, 0.717) is 64.8 Å². The summed E-state index contributed by atoms with van der Waals surface area (Å²) in [5.74, 6) is 2.11. The molecule has 5 aromatic rings. The van der Waals surface area contributed by atoms with Crippen LogP contribution in [0.2, 0.25) is 0 Å². The molecule has 0 bridgehead atoms. The Bertz CT molecular complexity index is 2270. The molecule has 11 nitrogen and oxygen atoms in total. The van der Waals surface area contributed by atoms with Crippen LogP contribution in [0.1, 0.15) is 48.0 Å². The number of rotatable bonds is 10. The lowest BCUT2D eigenvalue weighted by Crippen LogP contribution is -2.47. The highest BCUT2D eigenvalue weighted by Crippen LogP contribution is 2.43. The Morgan fingerprint density at radius 3 is 2.20 bits per heavy atom. The molecule has 4 aromatic carbocycles. The number of pyridine rings is 1. The van der Waals surface area contributed by atoms with Gasteiger partial charge in [-0.15, -0.1) is 0 Å². The number of ether oxygens (including phenoxy) is 3. The van der Waals surface area contributed by atoms with Crippen LogP contribution in [0.3, 0.4) is 0 Å². The van der Waals surface area contributed by atoms with Crippen LogP contribution >= 0.6 is 7.14 Å². The number of anilines is 2. The highest BCUT2D eigenvalue weighted by molar-refractivity contribution is 7.70. The molecule has 288 valence electrons. The number of urea groups is 1. The summed E-state index contributed by atoms with van der Waals surface area (Å²) in [5, 5.41) is 8.11. The molecule has 55 heavy (non-hydrogen) atoms. The van der Waals surface area contributed by atoms with E-state index in [1.807, 2.05) is 71.6 Å². The third kappa shape index (κ3) is 9.12. The lowest BCUT2D eigenvalue weighted by molar-refractivity contribution is 0.0660. The van der Waals surface area contributed by atoms with Crippen LogP contribution in [0, 0.1) is 0 Å².